The van der Waals surface area contributed by atoms with Crippen LogP contribution >= 0.6 is 11.3 Å². The third-order valence-corrected chi connectivity index (χ3v) is 7.17. The van der Waals surface area contributed by atoms with Crippen molar-refractivity contribution in [1.29, 1.82) is 0 Å². The second-order valence-corrected chi connectivity index (χ2v) is 9.30. The molecule has 2 heterocycles. The molecule has 8 heteroatoms. The van der Waals surface area contributed by atoms with E-state index in [1.54, 1.807) is 0 Å². The first kappa shape index (κ1) is 19.2. The number of nitrogens with zero attached hydrogens (tertiary/aromatic N) is 3. The van der Waals surface area contributed by atoms with Crippen LogP contribution in [0.4, 0.5) is 5.13 Å². The molecule has 0 unspecified atom stereocenters. The van der Waals surface area contributed by atoms with Crippen LogP contribution in [0.3, 0.4) is 0 Å². The fourth-order valence-electron chi connectivity index (χ4n) is 4.62. The SMILES string of the molecule is CC(C)c1nnc(NC(=O)CCCCCN2C(=O)[C@@H]3[C@H](C2=O)[C@H]2C=C[C@H]3C2)s1. The highest BCUT2D eigenvalue weighted by molar-refractivity contribution is 7.15. The Morgan fingerprint density at radius 2 is 1.82 bits per heavy atom. The second-order valence-electron chi connectivity index (χ2n) is 8.29. The average molecular weight is 403 g/mol. The number of hydrogen-bond donors (Lipinski definition) is 1. The highest BCUT2D eigenvalue weighted by Crippen LogP contribution is 2.52. The minimum Gasteiger partial charge on any atom is -0.301 e. The van der Waals surface area contributed by atoms with Gasteiger partial charge in [-0.05, 0) is 31.1 Å². The zero-order chi connectivity index (χ0) is 19.8. The molecule has 3 aliphatic rings. The van der Waals surface area contributed by atoms with Crippen molar-refractivity contribution < 1.29 is 14.4 Å². The van der Waals surface area contributed by atoms with E-state index >= 15 is 0 Å². The molecular formula is C20H26N4O3S. The van der Waals surface area contributed by atoms with Crippen molar-refractivity contribution >= 4 is 34.2 Å². The van der Waals surface area contributed by atoms with Gasteiger partial charge in [-0.3, -0.25) is 19.3 Å². The first-order chi connectivity index (χ1) is 13.5. The molecule has 0 aromatic carbocycles. The predicted molar refractivity (Wildman–Crippen MR) is 106 cm³/mol. The van der Waals surface area contributed by atoms with Crippen LogP contribution in [0.5, 0.6) is 0 Å². The monoisotopic (exact) mass is 402 g/mol. The predicted octanol–water partition coefficient (Wildman–Crippen LogP) is 2.97. The summed E-state index contributed by atoms with van der Waals surface area (Å²) >= 11 is 1.40. The number of allylic oxidation sites excluding steroid dienone is 2. The minimum atomic E-state index is -0.115. The van der Waals surface area contributed by atoms with Crippen molar-refractivity contribution in [2.24, 2.45) is 23.7 Å². The van der Waals surface area contributed by atoms with E-state index in [2.05, 4.69) is 27.7 Å². The van der Waals surface area contributed by atoms with Crippen molar-refractivity contribution in [3.8, 4) is 0 Å². The van der Waals surface area contributed by atoms with Gasteiger partial charge in [0.15, 0.2) is 0 Å². The molecule has 28 heavy (non-hydrogen) atoms. The fourth-order valence-corrected chi connectivity index (χ4v) is 5.38. The van der Waals surface area contributed by atoms with E-state index in [4.69, 9.17) is 0 Å². The van der Waals surface area contributed by atoms with Gasteiger partial charge in [0, 0.05) is 18.9 Å². The molecule has 4 rings (SSSR count). The lowest BCUT2D eigenvalue weighted by Crippen LogP contribution is -2.33. The number of carbonyl (C=O) groups excluding carboxylic acids is 3. The molecule has 7 nitrogen and oxygen atoms in total. The molecule has 1 aromatic heterocycles. The van der Waals surface area contributed by atoms with Crippen molar-refractivity contribution in [3.63, 3.8) is 0 Å². The van der Waals surface area contributed by atoms with Gasteiger partial charge in [-0.1, -0.05) is 43.8 Å². The van der Waals surface area contributed by atoms with E-state index in [9.17, 15) is 14.4 Å². The van der Waals surface area contributed by atoms with Crippen molar-refractivity contribution in [1.82, 2.24) is 15.1 Å². The Labute approximate surface area is 168 Å². The lowest BCUT2D eigenvalue weighted by molar-refractivity contribution is -0.140. The van der Waals surface area contributed by atoms with E-state index < -0.39 is 0 Å². The number of imide groups is 1. The molecule has 1 N–H and O–H groups in total. The Bertz CT molecular complexity index is 788. The molecule has 1 aromatic rings. The molecule has 1 saturated heterocycles. The molecule has 1 aliphatic heterocycles. The molecule has 2 aliphatic carbocycles. The van der Waals surface area contributed by atoms with Crippen LogP contribution in [-0.4, -0.2) is 39.4 Å². The molecule has 0 radical (unpaired) electrons. The number of likely N-dealkylation sites (tertiary alicyclic amines) is 1. The van der Waals surface area contributed by atoms with Gasteiger partial charge in [-0.2, -0.15) is 0 Å². The molecular weight excluding hydrogens is 376 g/mol. The molecule has 0 spiro atoms. The van der Waals surface area contributed by atoms with Crippen molar-refractivity contribution in [2.45, 2.75) is 51.9 Å². The number of fused-ring (bicyclic) bond motifs is 5. The number of hydrogen-bond acceptors (Lipinski definition) is 6. The van der Waals surface area contributed by atoms with Crippen LogP contribution in [0.1, 0.15) is 56.9 Å². The Hall–Kier alpha value is -2.09. The van der Waals surface area contributed by atoms with Gasteiger partial charge in [-0.15, -0.1) is 10.2 Å². The maximum atomic E-state index is 12.6. The standard InChI is InChI=1S/C20H26N4O3S/c1-11(2)17-22-23-20(28-17)21-14(25)6-4-3-5-9-24-18(26)15-12-7-8-13(10-12)16(15)19(24)27/h7-8,11-13,15-16H,3-6,9-10H2,1-2H3,(H,21,23,25)/t12-,13-,15-,16+/m0/s1. The van der Waals surface area contributed by atoms with Gasteiger partial charge in [0.05, 0.1) is 11.8 Å². The Balaban J connectivity index is 1.17. The molecule has 4 atom stereocenters. The van der Waals surface area contributed by atoms with Crippen LogP contribution in [0.2, 0.25) is 0 Å². The topological polar surface area (TPSA) is 92.3 Å². The van der Waals surface area contributed by atoms with Crippen LogP contribution in [0, 0.1) is 23.7 Å². The Morgan fingerprint density at radius 3 is 2.43 bits per heavy atom. The Kier molecular flexibility index (Phi) is 5.31. The van der Waals surface area contributed by atoms with Crippen LogP contribution in [0.25, 0.3) is 0 Å². The smallest absolute Gasteiger partial charge is 0.233 e. The number of aromatic nitrogens is 2. The zero-order valence-electron chi connectivity index (χ0n) is 16.3. The summed E-state index contributed by atoms with van der Waals surface area (Å²) in [6.45, 7) is 4.55. The number of carbonyl (C=O) groups is 3. The van der Waals surface area contributed by atoms with Crippen molar-refractivity contribution in [3.05, 3.63) is 17.2 Å². The van der Waals surface area contributed by atoms with E-state index in [0.29, 0.717) is 24.0 Å². The lowest BCUT2D eigenvalue weighted by atomic mass is 9.85. The molecule has 150 valence electrons. The van der Waals surface area contributed by atoms with Gasteiger partial charge < -0.3 is 5.32 Å². The molecule has 1 saturated carbocycles. The van der Waals surface area contributed by atoms with E-state index in [-0.39, 0.29) is 41.4 Å². The summed E-state index contributed by atoms with van der Waals surface area (Å²) in [4.78, 5) is 38.7. The molecule has 2 fully saturated rings. The van der Waals surface area contributed by atoms with Crippen LogP contribution in [-0.2, 0) is 14.4 Å². The van der Waals surface area contributed by atoms with E-state index in [1.165, 1.54) is 16.2 Å². The van der Waals surface area contributed by atoms with Gasteiger partial charge in [0.25, 0.3) is 0 Å². The van der Waals surface area contributed by atoms with Crippen LogP contribution in [0.15, 0.2) is 12.2 Å². The maximum absolute atomic E-state index is 12.6. The maximum Gasteiger partial charge on any atom is 0.233 e. The highest BCUT2D eigenvalue weighted by atomic mass is 32.1. The average Bonchev–Trinajstić information content (AvgIpc) is 3.41. The molecule has 3 amide bonds. The third kappa shape index (κ3) is 3.50. The normalized spacial score (nSPS) is 27.9. The number of anilines is 1. The highest BCUT2D eigenvalue weighted by Gasteiger charge is 2.58. The zero-order valence-corrected chi connectivity index (χ0v) is 17.1. The van der Waals surface area contributed by atoms with E-state index in [0.717, 1.165) is 30.7 Å². The quantitative estimate of drug-likeness (QED) is 0.410. The number of rotatable bonds is 8. The number of nitrogens with one attached hydrogen (secondary N) is 1. The summed E-state index contributed by atoms with van der Waals surface area (Å²) < 4.78 is 0. The number of unbranched alkanes of at least 4 members (excludes halogenated alkanes) is 2. The first-order valence-electron chi connectivity index (χ1n) is 10.1. The minimum absolute atomic E-state index is 0.0156. The molecule has 2 bridgehead atoms. The Morgan fingerprint density at radius 1 is 1.14 bits per heavy atom. The van der Waals surface area contributed by atoms with Crippen LogP contribution < -0.4 is 5.32 Å². The lowest BCUT2D eigenvalue weighted by Gasteiger charge is -2.16. The number of amides is 3. The van der Waals surface area contributed by atoms with Gasteiger partial charge >= 0.3 is 0 Å². The van der Waals surface area contributed by atoms with Crippen molar-refractivity contribution in [2.75, 3.05) is 11.9 Å². The van der Waals surface area contributed by atoms with Gasteiger partial charge in [-0.25, -0.2) is 0 Å². The van der Waals surface area contributed by atoms with E-state index in [1.807, 2.05) is 13.8 Å². The summed E-state index contributed by atoms with van der Waals surface area (Å²) in [6, 6.07) is 0. The summed E-state index contributed by atoms with van der Waals surface area (Å²) in [6.07, 6.45) is 7.85. The summed E-state index contributed by atoms with van der Waals surface area (Å²) in [5.74, 6) is 0.547. The van der Waals surface area contributed by atoms with Gasteiger partial charge in [0.1, 0.15) is 5.01 Å². The summed E-state index contributed by atoms with van der Waals surface area (Å²) in [5.41, 5.74) is 0. The third-order valence-electron chi connectivity index (χ3n) is 6.03. The summed E-state index contributed by atoms with van der Waals surface area (Å²) in [7, 11) is 0. The largest absolute Gasteiger partial charge is 0.301 e. The van der Waals surface area contributed by atoms with Gasteiger partial charge in [0.2, 0.25) is 22.9 Å². The second kappa shape index (κ2) is 7.73. The fraction of sp³-hybridized carbons (Fsp3) is 0.650. The first-order valence-corrected chi connectivity index (χ1v) is 10.9. The summed E-state index contributed by atoms with van der Waals surface area (Å²) in [5, 5.41) is 12.3.